The zero-order valence-electron chi connectivity index (χ0n) is 13.7. The molecule has 1 aliphatic rings. The first kappa shape index (κ1) is 16.4. The van der Waals surface area contributed by atoms with E-state index in [4.69, 9.17) is 0 Å². The van der Waals surface area contributed by atoms with Gasteiger partial charge >= 0.3 is 0 Å². The van der Waals surface area contributed by atoms with Gasteiger partial charge in [0.25, 0.3) is 0 Å². The highest BCUT2D eigenvalue weighted by Crippen LogP contribution is 2.39. The van der Waals surface area contributed by atoms with Crippen molar-refractivity contribution in [3.8, 4) is 0 Å². The van der Waals surface area contributed by atoms with E-state index in [2.05, 4.69) is 16.9 Å². The normalized spacial score (nSPS) is 17.3. The predicted molar refractivity (Wildman–Crippen MR) is 98.0 cm³/mol. The molecular weight excluding hydrogens is 303 g/mol. The van der Waals surface area contributed by atoms with Crippen LogP contribution < -0.4 is 15.7 Å². The Hall–Kier alpha value is -1.41. The molecule has 0 unspecified atom stereocenters. The molecule has 0 spiro atoms. The first-order chi connectivity index (χ1) is 11.2. The molecule has 0 amide bonds. The van der Waals surface area contributed by atoms with E-state index in [1.807, 2.05) is 60.7 Å². The van der Waals surface area contributed by atoms with Crippen LogP contribution >= 0.6 is 7.29 Å². The summed E-state index contributed by atoms with van der Waals surface area (Å²) in [4.78, 5) is 2.46. The monoisotopic (exact) mass is 328 g/mol. The maximum atomic E-state index is 13.9. The third kappa shape index (κ3) is 3.92. The first-order valence-electron chi connectivity index (χ1n) is 8.40. The Bertz CT molecular complexity index is 610. The van der Waals surface area contributed by atoms with Crippen molar-refractivity contribution in [2.24, 2.45) is 0 Å². The molecule has 3 nitrogen and oxygen atoms in total. The van der Waals surface area contributed by atoms with Gasteiger partial charge in [0.2, 0.25) is 7.29 Å². The van der Waals surface area contributed by atoms with Crippen molar-refractivity contribution in [2.45, 2.75) is 25.8 Å². The maximum Gasteiger partial charge on any atom is 0.204 e. The largest absolute Gasteiger partial charge is 0.302 e. The van der Waals surface area contributed by atoms with Crippen LogP contribution in [0.4, 0.5) is 0 Å². The molecule has 23 heavy (non-hydrogen) atoms. The van der Waals surface area contributed by atoms with Crippen LogP contribution in [0.5, 0.6) is 0 Å². The second-order valence-electron chi connectivity index (χ2n) is 6.32. The average molecular weight is 328 g/mol. The fraction of sp³-hybridized carbons (Fsp3) is 0.368. The predicted octanol–water partition coefficient (Wildman–Crippen LogP) is 2.99. The topological polar surface area (TPSA) is 32.3 Å². The van der Waals surface area contributed by atoms with Gasteiger partial charge in [0.05, 0.1) is 0 Å². The van der Waals surface area contributed by atoms with Gasteiger partial charge in [0, 0.05) is 23.2 Å². The molecule has 1 atom stereocenters. The lowest BCUT2D eigenvalue weighted by Gasteiger charge is -2.27. The van der Waals surface area contributed by atoms with E-state index in [9.17, 15) is 4.57 Å². The van der Waals surface area contributed by atoms with Gasteiger partial charge in [-0.15, -0.1) is 0 Å². The number of nitrogens with one attached hydrogen (secondary N) is 1. The SMILES string of the molecule is C[C@H](CN1CCCC1)NP(=O)(c1ccccc1)c1ccccc1. The summed E-state index contributed by atoms with van der Waals surface area (Å²) in [5.74, 6) is 0. The van der Waals surface area contributed by atoms with Crippen LogP contribution in [0.25, 0.3) is 0 Å². The van der Waals surface area contributed by atoms with Crippen molar-refractivity contribution in [3.63, 3.8) is 0 Å². The number of benzene rings is 2. The Labute approximate surface area is 139 Å². The Morgan fingerprint density at radius 1 is 0.957 bits per heavy atom. The van der Waals surface area contributed by atoms with Gasteiger partial charge in [0.15, 0.2) is 0 Å². The molecule has 1 aliphatic heterocycles. The summed E-state index contributed by atoms with van der Waals surface area (Å²) >= 11 is 0. The van der Waals surface area contributed by atoms with Gasteiger partial charge in [-0.05, 0) is 57.1 Å². The van der Waals surface area contributed by atoms with Crippen LogP contribution in [0.2, 0.25) is 0 Å². The molecule has 3 rings (SSSR count). The molecule has 0 saturated carbocycles. The maximum absolute atomic E-state index is 13.9. The molecule has 0 aliphatic carbocycles. The van der Waals surface area contributed by atoms with E-state index < -0.39 is 7.29 Å². The van der Waals surface area contributed by atoms with Gasteiger partial charge in [-0.2, -0.15) is 0 Å². The van der Waals surface area contributed by atoms with Crippen LogP contribution in [0.15, 0.2) is 60.7 Å². The molecular formula is C19H25N2OP. The number of hydrogen-bond donors (Lipinski definition) is 1. The Morgan fingerprint density at radius 3 is 1.91 bits per heavy atom. The van der Waals surface area contributed by atoms with Gasteiger partial charge in [-0.3, -0.25) is 9.65 Å². The first-order valence-corrected chi connectivity index (χ1v) is 10.1. The smallest absolute Gasteiger partial charge is 0.204 e. The minimum absolute atomic E-state index is 0.180. The van der Waals surface area contributed by atoms with Crippen molar-refractivity contribution < 1.29 is 4.57 Å². The Balaban J connectivity index is 1.85. The van der Waals surface area contributed by atoms with Gasteiger partial charge in [0.1, 0.15) is 0 Å². The summed E-state index contributed by atoms with van der Waals surface area (Å²) in [6.07, 6.45) is 2.56. The van der Waals surface area contributed by atoms with Crippen LogP contribution in [0.3, 0.4) is 0 Å². The van der Waals surface area contributed by atoms with E-state index in [0.717, 1.165) is 30.2 Å². The fourth-order valence-corrected chi connectivity index (χ4v) is 5.76. The summed E-state index contributed by atoms with van der Waals surface area (Å²) < 4.78 is 13.9. The molecule has 0 bridgehead atoms. The quantitative estimate of drug-likeness (QED) is 0.828. The van der Waals surface area contributed by atoms with E-state index >= 15 is 0 Å². The van der Waals surface area contributed by atoms with Gasteiger partial charge in [-0.25, -0.2) is 0 Å². The Kier molecular flexibility index (Phi) is 5.32. The second-order valence-corrected chi connectivity index (χ2v) is 8.83. The van der Waals surface area contributed by atoms with Crippen molar-refractivity contribution in [1.29, 1.82) is 0 Å². The van der Waals surface area contributed by atoms with Gasteiger partial charge < -0.3 is 4.90 Å². The molecule has 2 aromatic carbocycles. The molecule has 1 N–H and O–H groups in total. The van der Waals surface area contributed by atoms with E-state index in [0.29, 0.717) is 0 Å². The Morgan fingerprint density at radius 2 is 1.43 bits per heavy atom. The number of hydrogen-bond acceptors (Lipinski definition) is 2. The highest BCUT2D eigenvalue weighted by atomic mass is 31.2. The molecule has 122 valence electrons. The molecule has 1 fully saturated rings. The lowest BCUT2D eigenvalue weighted by atomic mass is 10.3. The van der Waals surface area contributed by atoms with Crippen LogP contribution in [-0.2, 0) is 4.57 Å². The van der Waals surface area contributed by atoms with E-state index in [-0.39, 0.29) is 6.04 Å². The van der Waals surface area contributed by atoms with Crippen molar-refractivity contribution in [2.75, 3.05) is 19.6 Å². The third-order valence-electron chi connectivity index (χ3n) is 4.37. The number of rotatable bonds is 6. The zero-order chi connectivity index (χ0) is 16.1. The van der Waals surface area contributed by atoms with Crippen molar-refractivity contribution in [1.82, 2.24) is 9.99 Å². The fourth-order valence-electron chi connectivity index (χ4n) is 3.28. The zero-order valence-corrected chi connectivity index (χ0v) is 14.6. The lowest BCUT2D eigenvalue weighted by molar-refractivity contribution is 0.313. The van der Waals surface area contributed by atoms with E-state index in [1.54, 1.807) is 0 Å². The second kappa shape index (κ2) is 7.44. The highest BCUT2D eigenvalue weighted by Gasteiger charge is 2.29. The molecule has 1 heterocycles. The molecule has 2 aromatic rings. The minimum atomic E-state index is -2.81. The molecule has 1 saturated heterocycles. The summed E-state index contributed by atoms with van der Waals surface area (Å²) in [7, 11) is -2.81. The summed E-state index contributed by atoms with van der Waals surface area (Å²) in [5.41, 5.74) is 0. The van der Waals surface area contributed by atoms with Crippen molar-refractivity contribution in [3.05, 3.63) is 60.7 Å². The lowest BCUT2D eigenvalue weighted by Crippen LogP contribution is -2.40. The summed E-state index contributed by atoms with van der Waals surface area (Å²) in [5, 5.41) is 5.22. The summed E-state index contributed by atoms with van der Waals surface area (Å²) in [6.45, 7) is 5.40. The van der Waals surface area contributed by atoms with Crippen LogP contribution in [0, 0.1) is 0 Å². The molecule has 4 heteroatoms. The standard InChI is InChI=1S/C19H25N2OP/c1-17(16-21-14-8-9-15-21)20-23(22,18-10-4-2-5-11-18)19-12-6-3-7-13-19/h2-7,10-13,17H,8-9,14-16H2,1H3,(H,20,22)/t17-/m1/s1. The molecule has 0 radical (unpaired) electrons. The third-order valence-corrected chi connectivity index (χ3v) is 7.23. The number of nitrogens with zero attached hydrogens (tertiary/aromatic N) is 1. The van der Waals surface area contributed by atoms with Crippen LogP contribution in [0.1, 0.15) is 19.8 Å². The van der Waals surface area contributed by atoms with Gasteiger partial charge in [-0.1, -0.05) is 36.4 Å². The van der Waals surface area contributed by atoms with Crippen molar-refractivity contribution >= 4 is 17.9 Å². The number of likely N-dealkylation sites (tertiary alicyclic amines) is 1. The average Bonchev–Trinajstić information content (AvgIpc) is 3.09. The molecule has 0 aromatic heterocycles. The summed E-state index contributed by atoms with van der Waals surface area (Å²) in [6, 6.07) is 19.8. The van der Waals surface area contributed by atoms with Crippen LogP contribution in [-0.4, -0.2) is 30.6 Å². The highest BCUT2D eigenvalue weighted by molar-refractivity contribution is 7.76. The minimum Gasteiger partial charge on any atom is -0.302 e. The van der Waals surface area contributed by atoms with E-state index in [1.165, 1.54) is 12.8 Å².